The molecule has 1 aliphatic rings. The van der Waals surface area contributed by atoms with Gasteiger partial charge in [-0.15, -0.1) is 0 Å². The molecule has 2 rings (SSSR count). The van der Waals surface area contributed by atoms with Crippen LogP contribution in [-0.2, 0) is 9.31 Å². The van der Waals surface area contributed by atoms with Gasteiger partial charge in [-0.25, -0.2) is 0 Å². The lowest BCUT2D eigenvalue weighted by molar-refractivity contribution is 0.00578. The van der Waals surface area contributed by atoms with E-state index in [1.807, 2.05) is 58.8 Å². The number of rotatable bonds is 3. The lowest BCUT2D eigenvalue weighted by Gasteiger charge is -2.32. The van der Waals surface area contributed by atoms with Crippen LogP contribution in [0.4, 0.5) is 0 Å². The normalized spacial score (nSPS) is 22.4. The summed E-state index contributed by atoms with van der Waals surface area (Å²) in [5.74, 6) is 1.93. The highest BCUT2D eigenvalue weighted by molar-refractivity contribution is 6.52. The predicted octanol–water partition coefficient (Wildman–Crippen LogP) is 2.75. The first-order valence-corrected chi connectivity index (χ1v) is 6.97. The van der Waals surface area contributed by atoms with Gasteiger partial charge in [0.05, 0.1) is 16.9 Å². The van der Waals surface area contributed by atoms with E-state index in [2.05, 4.69) is 4.98 Å². The Kier molecular flexibility index (Phi) is 4.05. The van der Waals surface area contributed by atoms with Crippen molar-refractivity contribution in [2.45, 2.75) is 51.9 Å². The second-order valence-electron chi connectivity index (χ2n) is 6.29. The Bertz CT molecular complexity index is 496. The minimum Gasteiger partial charge on any atom is -0.400 e. The summed E-state index contributed by atoms with van der Waals surface area (Å²) in [5.41, 5.74) is 7.14. The van der Waals surface area contributed by atoms with Crippen molar-refractivity contribution in [1.29, 1.82) is 0 Å². The van der Waals surface area contributed by atoms with E-state index in [4.69, 9.17) is 15.0 Å². The summed E-state index contributed by atoms with van der Waals surface area (Å²) in [4.78, 5) is 4.24. The molecular formula is C15H23BN2O2. The van der Waals surface area contributed by atoms with Crippen molar-refractivity contribution in [2.24, 2.45) is 5.73 Å². The predicted molar refractivity (Wildman–Crippen MR) is 82.0 cm³/mol. The highest BCUT2D eigenvalue weighted by atomic mass is 16.7. The summed E-state index contributed by atoms with van der Waals surface area (Å²) in [5, 5.41) is 0. The number of hydrogen-bond donors (Lipinski definition) is 1. The highest BCUT2D eigenvalue weighted by Crippen LogP contribution is 2.37. The van der Waals surface area contributed by atoms with Crippen LogP contribution in [0.1, 0.15) is 51.9 Å². The van der Waals surface area contributed by atoms with E-state index in [1.54, 1.807) is 6.20 Å². The molecule has 0 bridgehead atoms. The molecule has 20 heavy (non-hydrogen) atoms. The van der Waals surface area contributed by atoms with Crippen molar-refractivity contribution in [1.82, 2.24) is 4.98 Å². The van der Waals surface area contributed by atoms with Gasteiger partial charge in [-0.05, 0) is 52.3 Å². The minimum atomic E-state index is -0.327. The van der Waals surface area contributed by atoms with Gasteiger partial charge in [0.2, 0.25) is 0 Å². The summed E-state index contributed by atoms with van der Waals surface area (Å²) in [6.45, 7) is 10.1. The maximum absolute atomic E-state index is 5.91. The van der Waals surface area contributed by atoms with Crippen molar-refractivity contribution in [2.75, 3.05) is 0 Å². The number of hydrogen-bond acceptors (Lipinski definition) is 4. The number of pyridine rings is 1. The third-order valence-corrected chi connectivity index (χ3v) is 3.99. The van der Waals surface area contributed by atoms with Gasteiger partial charge in [0, 0.05) is 12.2 Å². The average molecular weight is 274 g/mol. The summed E-state index contributed by atoms with van der Waals surface area (Å²) in [7, 11) is -0.327. The molecule has 0 aliphatic carbocycles. The zero-order chi connectivity index (χ0) is 15.0. The van der Waals surface area contributed by atoms with Gasteiger partial charge in [0.1, 0.15) is 0 Å². The fourth-order valence-corrected chi connectivity index (χ4v) is 1.98. The first-order valence-electron chi connectivity index (χ1n) is 6.97. The zero-order valence-corrected chi connectivity index (χ0v) is 12.9. The zero-order valence-electron chi connectivity index (χ0n) is 12.9. The van der Waals surface area contributed by atoms with Crippen LogP contribution in [0.5, 0.6) is 0 Å². The fraction of sp³-hybridized carbons (Fsp3) is 0.533. The molecule has 0 spiro atoms. The molecule has 0 radical (unpaired) electrons. The summed E-state index contributed by atoms with van der Waals surface area (Å²) >= 11 is 0. The second kappa shape index (κ2) is 5.32. The van der Waals surface area contributed by atoms with E-state index in [0.717, 1.165) is 11.3 Å². The SMILES string of the molecule is C[C@@H](N)c1cc(/C=C/B2OC(C)(C)C(C)(C)O2)ccn1. The largest absolute Gasteiger partial charge is 0.487 e. The molecule has 108 valence electrons. The van der Waals surface area contributed by atoms with Crippen LogP contribution in [0, 0.1) is 0 Å². The lowest BCUT2D eigenvalue weighted by Crippen LogP contribution is -2.41. The molecule has 0 aromatic carbocycles. The Morgan fingerprint density at radius 1 is 1.25 bits per heavy atom. The maximum Gasteiger partial charge on any atom is 0.487 e. The van der Waals surface area contributed by atoms with E-state index in [9.17, 15) is 0 Å². The van der Waals surface area contributed by atoms with Gasteiger partial charge in [-0.3, -0.25) is 4.98 Å². The molecule has 1 aromatic rings. The molecule has 1 aliphatic heterocycles. The van der Waals surface area contributed by atoms with E-state index in [1.165, 1.54) is 0 Å². The Morgan fingerprint density at radius 3 is 2.40 bits per heavy atom. The number of nitrogens with zero attached hydrogens (tertiary/aromatic N) is 1. The minimum absolute atomic E-state index is 0.0693. The maximum atomic E-state index is 5.91. The molecule has 1 saturated heterocycles. The van der Waals surface area contributed by atoms with Gasteiger partial charge in [-0.1, -0.05) is 12.1 Å². The van der Waals surface area contributed by atoms with E-state index in [-0.39, 0.29) is 24.4 Å². The third-order valence-electron chi connectivity index (χ3n) is 3.99. The molecule has 1 aromatic heterocycles. The Labute approximate surface area is 121 Å². The summed E-state index contributed by atoms with van der Waals surface area (Å²) < 4.78 is 11.8. The molecule has 0 unspecified atom stereocenters. The summed E-state index contributed by atoms with van der Waals surface area (Å²) in [6.07, 6.45) is 3.75. The van der Waals surface area contributed by atoms with Crippen LogP contribution in [0.25, 0.3) is 6.08 Å². The highest BCUT2D eigenvalue weighted by Gasteiger charge is 2.49. The van der Waals surface area contributed by atoms with Gasteiger partial charge in [-0.2, -0.15) is 0 Å². The smallest absolute Gasteiger partial charge is 0.400 e. The molecular weight excluding hydrogens is 251 g/mol. The van der Waals surface area contributed by atoms with Gasteiger partial charge < -0.3 is 15.0 Å². The molecule has 0 saturated carbocycles. The van der Waals surface area contributed by atoms with Gasteiger partial charge in [0.15, 0.2) is 0 Å². The van der Waals surface area contributed by atoms with Crippen LogP contribution in [0.3, 0.4) is 0 Å². The van der Waals surface area contributed by atoms with Gasteiger partial charge >= 0.3 is 7.12 Å². The quantitative estimate of drug-likeness (QED) is 0.861. The first kappa shape index (κ1) is 15.2. The fourth-order valence-electron chi connectivity index (χ4n) is 1.98. The van der Waals surface area contributed by atoms with E-state index >= 15 is 0 Å². The third kappa shape index (κ3) is 3.11. The standard InChI is InChI=1S/C15H23BN2O2/c1-11(17)13-10-12(7-9-18-13)6-8-16-19-14(2,3)15(4,5)20-16/h6-11H,17H2,1-5H3/b8-6+/t11-/m1/s1. The molecule has 1 fully saturated rings. The molecule has 2 N–H and O–H groups in total. The number of aromatic nitrogens is 1. The average Bonchev–Trinajstić information content (AvgIpc) is 2.56. The Morgan fingerprint density at radius 2 is 1.85 bits per heavy atom. The van der Waals surface area contributed by atoms with Crippen molar-refractivity contribution in [3.63, 3.8) is 0 Å². The monoisotopic (exact) mass is 274 g/mol. The van der Waals surface area contributed by atoms with Crippen LogP contribution >= 0.6 is 0 Å². The van der Waals surface area contributed by atoms with Crippen molar-refractivity contribution in [3.8, 4) is 0 Å². The molecule has 2 heterocycles. The molecule has 5 heteroatoms. The van der Waals surface area contributed by atoms with E-state index < -0.39 is 0 Å². The van der Waals surface area contributed by atoms with Crippen molar-refractivity contribution in [3.05, 3.63) is 35.6 Å². The topological polar surface area (TPSA) is 57.4 Å². The lowest BCUT2D eigenvalue weighted by atomic mass is 9.89. The van der Waals surface area contributed by atoms with Crippen molar-refractivity contribution < 1.29 is 9.31 Å². The molecule has 1 atom stereocenters. The van der Waals surface area contributed by atoms with Crippen LogP contribution in [-0.4, -0.2) is 23.3 Å². The molecule has 0 amide bonds. The Hall–Kier alpha value is -1.17. The Balaban J connectivity index is 2.10. The van der Waals surface area contributed by atoms with Crippen LogP contribution in [0.15, 0.2) is 24.3 Å². The second-order valence-corrected chi connectivity index (χ2v) is 6.29. The number of nitrogens with two attached hydrogens (primary N) is 1. The van der Waals surface area contributed by atoms with Gasteiger partial charge in [0.25, 0.3) is 0 Å². The first-order chi connectivity index (χ1) is 9.21. The van der Waals surface area contributed by atoms with Crippen LogP contribution in [0.2, 0.25) is 0 Å². The van der Waals surface area contributed by atoms with E-state index in [0.29, 0.717) is 0 Å². The van der Waals surface area contributed by atoms with Crippen LogP contribution < -0.4 is 5.73 Å². The van der Waals surface area contributed by atoms with Crippen molar-refractivity contribution >= 4 is 13.2 Å². The summed E-state index contributed by atoms with van der Waals surface area (Å²) in [6, 6.07) is 3.85. The molecule has 4 nitrogen and oxygen atoms in total.